The lowest BCUT2D eigenvalue weighted by atomic mass is 10.1. The summed E-state index contributed by atoms with van der Waals surface area (Å²) in [6, 6.07) is 10.6. The van der Waals surface area contributed by atoms with Gasteiger partial charge in [-0.05, 0) is 18.2 Å². The number of nitrogen functional groups attached to an aromatic ring is 1. The first-order chi connectivity index (χ1) is 10.1. The van der Waals surface area contributed by atoms with Crippen molar-refractivity contribution >= 4 is 11.6 Å². The van der Waals surface area contributed by atoms with Crippen LogP contribution in [0.1, 0.15) is 10.4 Å². The molecule has 0 saturated heterocycles. The highest BCUT2D eigenvalue weighted by Gasteiger charge is 2.14. The summed E-state index contributed by atoms with van der Waals surface area (Å²) in [5.74, 6) is -1.85. The Morgan fingerprint density at radius 1 is 1.14 bits per heavy atom. The van der Waals surface area contributed by atoms with Crippen molar-refractivity contribution in [2.45, 2.75) is 0 Å². The predicted molar refractivity (Wildman–Crippen MR) is 75.0 cm³/mol. The van der Waals surface area contributed by atoms with Gasteiger partial charge < -0.3 is 15.8 Å². The molecule has 0 bridgehead atoms. The third-order valence-corrected chi connectivity index (χ3v) is 2.73. The molecule has 110 valence electrons. The average molecular weight is 292 g/mol. The standard InChI is InChI=1S/C15H14F2N2O2/c16-12-9-13(17)14(18)8-11(12)15(20)19-6-7-21-10-4-2-1-3-5-10/h1-5,8-9H,6-7,18H2,(H,19,20). The molecule has 2 rings (SSSR count). The lowest BCUT2D eigenvalue weighted by molar-refractivity contribution is 0.0943. The first-order valence-electron chi connectivity index (χ1n) is 6.28. The van der Waals surface area contributed by atoms with Crippen LogP contribution >= 0.6 is 0 Å². The zero-order valence-electron chi connectivity index (χ0n) is 11.1. The molecule has 3 N–H and O–H groups in total. The Labute approximate surface area is 120 Å². The van der Waals surface area contributed by atoms with Crippen LogP contribution < -0.4 is 15.8 Å². The molecule has 0 aliphatic rings. The van der Waals surface area contributed by atoms with Gasteiger partial charge in [0.05, 0.1) is 17.8 Å². The summed E-state index contributed by atoms with van der Waals surface area (Å²) in [5.41, 5.74) is 4.74. The minimum Gasteiger partial charge on any atom is -0.492 e. The van der Waals surface area contributed by atoms with Gasteiger partial charge in [0, 0.05) is 6.07 Å². The van der Waals surface area contributed by atoms with Crippen LogP contribution in [0.5, 0.6) is 5.75 Å². The summed E-state index contributed by atoms with van der Waals surface area (Å²) in [7, 11) is 0. The van der Waals surface area contributed by atoms with Crippen LogP contribution in [0.25, 0.3) is 0 Å². The van der Waals surface area contributed by atoms with E-state index in [1.807, 2.05) is 18.2 Å². The molecule has 0 atom stereocenters. The number of carbonyl (C=O) groups excluding carboxylic acids is 1. The molecule has 0 aliphatic heterocycles. The van der Waals surface area contributed by atoms with E-state index in [1.165, 1.54) is 0 Å². The number of carbonyl (C=O) groups is 1. The van der Waals surface area contributed by atoms with E-state index < -0.39 is 17.5 Å². The van der Waals surface area contributed by atoms with Gasteiger partial charge in [-0.3, -0.25) is 4.79 Å². The van der Waals surface area contributed by atoms with Gasteiger partial charge in [0.15, 0.2) is 0 Å². The minimum atomic E-state index is -0.955. The van der Waals surface area contributed by atoms with Gasteiger partial charge >= 0.3 is 0 Å². The van der Waals surface area contributed by atoms with E-state index in [4.69, 9.17) is 10.5 Å². The van der Waals surface area contributed by atoms with Crippen molar-refractivity contribution in [3.63, 3.8) is 0 Å². The molecular weight excluding hydrogens is 278 g/mol. The van der Waals surface area contributed by atoms with Crippen molar-refractivity contribution in [1.29, 1.82) is 0 Å². The van der Waals surface area contributed by atoms with Crippen LogP contribution in [-0.4, -0.2) is 19.1 Å². The van der Waals surface area contributed by atoms with Crippen molar-refractivity contribution in [3.8, 4) is 5.75 Å². The molecule has 2 aromatic carbocycles. The fourth-order valence-electron chi connectivity index (χ4n) is 1.69. The van der Waals surface area contributed by atoms with Gasteiger partial charge in [0.25, 0.3) is 5.91 Å². The fourth-order valence-corrected chi connectivity index (χ4v) is 1.69. The number of hydrogen-bond donors (Lipinski definition) is 2. The summed E-state index contributed by atoms with van der Waals surface area (Å²) in [4.78, 5) is 11.8. The van der Waals surface area contributed by atoms with Crippen LogP contribution in [-0.2, 0) is 0 Å². The smallest absolute Gasteiger partial charge is 0.254 e. The number of hydrogen-bond acceptors (Lipinski definition) is 3. The number of amides is 1. The molecule has 6 heteroatoms. The summed E-state index contributed by atoms with van der Waals surface area (Å²) < 4.78 is 31.8. The highest BCUT2D eigenvalue weighted by Crippen LogP contribution is 2.16. The molecule has 0 fully saturated rings. The van der Waals surface area contributed by atoms with Crippen LogP contribution in [0.15, 0.2) is 42.5 Å². The molecule has 0 aliphatic carbocycles. The molecule has 0 heterocycles. The number of nitrogens with one attached hydrogen (secondary N) is 1. The number of ether oxygens (including phenoxy) is 1. The van der Waals surface area contributed by atoms with E-state index in [2.05, 4.69) is 5.32 Å². The summed E-state index contributed by atoms with van der Waals surface area (Å²) >= 11 is 0. The number of halogens is 2. The normalized spacial score (nSPS) is 10.2. The van der Waals surface area contributed by atoms with Crippen LogP contribution in [0.3, 0.4) is 0 Å². The first kappa shape index (κ1) is 14.8. The number of benzene rings is 2. The Kier molecular flexibility index (Phi) is 4.71. The fraction of sp³-hybridized carbons (Fsp3) is 0.133. The van der Waals surface area contributed by atoms with Gasteiger partial charge in [-0.1, -0.05) is 18.2 Å². The van der Waals surface area contributed by atoms with Gasteiger partial charge in [0.2, 0.25) is 0 Å². The Bertz CT molecular complexity index is 633. The second kappa shape index (κ2) is 6.69. The Morgan fingerprint density at radius 2 is 1.86 bits per heavy atom. The van der Waals surface area contributed by atoms with Gasteiger partial charge in [-0.25, -0.2) is 8.78 Å². The lowest BCUT2D eigenvalue weighted by Gasteiger charge is -2.09. The molecule has 2 aromatic rings. The van der Waals surface area contributed by atoms with Gasteiger partial charge in [0.1, 0.15) is 24.0 Å². The van der Waals surface area contributed by atoms with Gasteiger partial charge in [-0.15, -0.1) is 0 Å². The number of nitrogens with two attached hydrogens (primary N) is 1. The van der Waals surface area contributed by atoms with E-state index >= 15 is 0 Å². The SMILES string of the molecule is Nc1cc(C(=O)NCCOc2ccccc2)c(F)cc1F. The monoisotopic (exact) mass is 292 g/mol. The zero-order chi connectivity index (χ0) is 15.2. The molecule has 0 radical (unpaired) electrons. The van der Waals surface area contributed by atoms with Crippen molar-refractivity contribution in [3.05, 3.63) is 59.7 Å². The molecule has 21 heavy (non-hydrogen) atoms. The molecule has 0 saturated carbocycles. The third kappa shape index (κ3) is 3.92. The van der Waals surface area contributed by atoms with Crippen molar-refractivity contribution < 1.29 is 18.3 Å². The van der Waals surface area contributed by atoms with Crippen LogP contribution in [0.4, 0.5) is 14.5 Å². The molecule has 4 nitrogen and oxygen atoms in total. The maximum Gasteiger partial charge on any atom is 0.254 e. The predicted octanol–water partition coefficient (Wildman–Crippen LogP) is 2.36. The van der Waals surface area contributed by atoms with Crippen molar-refractivity contribution in [2.24, 2.45) is 0 Å². The number of rotatable bonds is 5. The Hall–Kier alpha value is -2.63. The lowest BCUT2D eigenvalue weighted by Crippen LogP contribution is -2.29. The summed E-state index contributed by atoms with van der Waals surface area (Å²) in [6.07, 6.45) is 0. The maximum absolute atomic E-state index is 13.5. The number of para-hydroxylation sites is 1. The maximum atomic E-state index is 13.5. The van der Waals surface area contributed by atoms with Crippen molar-refractivity contribution in [2.75, 3.05) is 18.9 Å². The average Bonchev–Trinajstić information content (AvgIpc) is 2.48. The number of anilines is 1. The largest absolute Gasteiger partial charge is 0.492 e. The van der Waals surface area contributed by atoms with E-state index in [0.29, 0.717) is 11.8 Å². The van der Waals surface area contributed by atoms with Crippen LogP contribution in [0.2, 0.25) is 0 Å². The zero-order valence-corrected chi connectivity index (χ0v) is 11.1. The molecular formula is C15H14F2N2O2. The quantitative estimate of drug-likeness (QED) is 0.657. The van der Waals surface area contributed by atoms with Crippen LogP contribution in [0, 0.1) is 11.6 Å². The second-order valence-electron chi connectivity index (χ2n) is 4.27. The van der Waals surface area contributed by atoms with E-state index in [1.54, 1.807) is 12.1 Å². The Balaban J connectivity index is 1.86. The summed E-state index contributed by atoms with van der Waals surface area (Å²) in [5, 5.41) is 2.47. The van der Waals surface area contributed by atoms with Gasteiger partial charge in [-0.2, -0.15) is 0 Å². The molecule has 1 amide bonds. The van der Waals surface area contributed by atoms with E-state index in [9.17, 15) is 13.6 Å². The third-order valence-electron chi connectivity index (χ3n) is 2.73. The Morgan fingerprint density at radius 3 is 2.57 bits per heavy atom. The van der Waals surface area contributed by atoms with Crippen molar-refractivity contribution in [1.82, 2.24) is 5.32 Å². The first-order valence-corrected chi connectivity index (χ1v) is 6.28. The van der Waals surface area contributed by atoms with E-state index in [0.717, 1.165) is 6.07 Å². The minimum absolute atomic E-state index is 0.185. The second-order valence-corrected chi connectivity index (χ2v) is 4.27. The topological polar surface area (TPSA) is 64.4 Å². The highest BCUT2D eigenvalue weighted by molar-refractivity contribution is 5.95. The summed E-state index contributed by atoms with van der Waals surface area (Å²) in [6.45, 7) is 0.415. The van der Waals surface area contributed by atoms with E-state index in [-0.39, 0.29) is 24.4 Å². The molecule has 0 aromatic heterocycles. The highest BCUT2D eigenvalue weighted by atomic mass is 19.1. The molecule has 0 unspecified atom stereocenters. The molecule has 0 spiro atoms.